The van der Waals surface area contributed by atoms with Crippen molar-refractivity contribution in [2.45, 2.75) is 122 Å². The summed E-state index contributed by atoms with van der Waals surface area (Å²) in [5.74, 6) is -1.23. The Hall–Kier alpha value is -5.97. The molecular weight excluding hydrogens is 841 g/mol. The van der Waals surface area contributed by atoms with E-state index in [-0.39, 0.29) is 25.8 Å². The van der Waals surface area contributed by atoms with E-state index in [1.54, 1.807) is 74.6 Å². The first-order valence-corrected chi connectivity index (χ1v) is 22.9. The van der Waals surface area contributed by atoms with Crippen molar-refractivity contribution in [3.8, 4) is 22.8 Å². The van der Waals surface area contributed by atoms with Gasteiger partial charge >= 0.3 is 6.09 Å². The lowest BCUT2D eigenvalue weighted by Gasteiger charge is -2.36. The molecule has 2 aromatic heterocycles. The number of amides is 4. The van der Waals surface area contributed by atoms with Crippen LogP contribution in [0.4, 0.5) is 4.79 Å². The first-order valence-electron chi connectivity index (χ1n) is 21.4. The fraction of sp³-hybridized carbons (Fsp3) is 0.489. The molecule has 0 unspecified atom stereocenters. The monoisotopic (exact) mass is 898 g/mol. The van der Waals surface area contributed by atoms with Crippen LogP contribution in [0.5, 0.6) is 11.5 Å². The molecule has 16 nitrogen and oxygen atoms in total. The van der Waals surface area contributed by atoms with Crippen molar-refractivity contribution in [2.24, 2.45) is 11.3 Å². The highest BCUT2D eigenvalue weighted by atomic mass is 32.2. The van der Waals surface area contributed by atoms with Crippen molar-refractivity contribution in [2.75, 3.05) is 13.7 Å². The molecule has 17 heteroatoms. The quantitative estimate of drug-likeness (QED) is 0.123. The lowest BCUT2D eigenvalue weighted by molar-refractivity contribution is -0.143. The average molecular weight is 899 g/mol. The van der Waals surface area contributed by atoms with Crippen molar-refractivity contribution >= 4 is 44.7 Å². The molecule has 0 bridgehead atoms. The van der Waals surface area contributed by atoms with Gasteiger partial charge in [-0.05, 0) is 77.8 Å². The zero-order chi connectivity index (χ0) is 46.6. The van der Waals surface area contributed by atoms with E-state index in [0.29, 0.717) is 58.0 Å². The van der Waals surface area contributed by atoms with Gasteiger partial charge in [-0.15, -0.1) is 6.58 Å². The van der Waals surface area contributed by atoms with Crippen molar-refractivity contribution in [3.05, 3.63) is 84.3 Å². The van der Waals surface area contributed by atoms with Crippen LogP contribution in [0.15, 0.2) is 71.8 Å². The molecule has 342 valence electrons. The van der Waals surface area contributed by atoms with Gasteiger partial charge in [-0.1, -0.05) is 62.3 Å². The van der Waals surface area contributed by atoms with Gasteiger partial charge in [-0.2, -0.15) is 0 Å². The summed E-state index contributed by atoms with van der Waals surface area (Å²) in [6, 6.07) is 14.4. The zero-order valence-corrected chi connectivity index (χ0v) is 38.7. The van der Waals surface area contributed by atoms with Crippen LogP contribution in [-0.2, 0) is 35.6 Å². The summed E-state index contributed by atoms with van der Waals surface area (Å²) in [6.07, 6.45) is 0.747. The summed E-state index contributed by atoms with van der Waals surface area (Å²) in [6.45, 7) is 17.7. The maximum absolute atomic E-state index is 14.9. The van der Waals surface area contributed by atoms with Gasteiger partial charge in [0.25, 0.3) is 5.91 Å². The Morgan fingerprint density at radius 1 is 1.03 bits per heavy atom. The van der Waals surface area contributed by atoms with Crippen molar-refractivity contribution < 1.29 is 46.3 Å². The van der Waals surface area contributed by atoms with Gasteiger partial charge in [0.05, 0.1) is 35.3 Å². The number of rotatable bonds is 14. The van der Waals surface area contributed by atoms with E-state index >= 15 is 0 Å². The highest BCUT2D eigenvalue weighted by Crippen LogP contribution is 2.49. The number of methoxy groups -OCH3 is 1. The fourth-order valence-corrected chi connectivity index (χ4v) is 9.98. The number of carbonyl (C=O) groups is 4. The number of aromatic nitrogens is 2. The van der Waals surface area contributed by atoms with Crippen molar-refractivity contribution in [1.29, 1.82) is 0 Å². The fourth-order valence-electron chi connectivity index (χ4n) is 8.37. The summed E-state index contributed by atoms with van der Waals surface area (Å²) < 4.78 is 52.1. The summed E-state index contributed by atoms with van der Waals surface area (Å²) >= 11 is 0. The molecule has 2 aromatic carbocycles. The second-order valence-electron chi connectivity index (χ2n) is 19.3. The van der Waals surface area contributed by atoms with Crippen LogP contribution in [0, 0.1) is 25.2 Å². The molecule has 3 N–H and O–H groups in total. The molecule has 7 rings (SSSR count). The largest absolute Gasteiger partial charge is 0.497 e. The minimum atomic E-state index is -4.26. The van der Waals surface area contributed by atoms with Crippen LogP contribution in [-0.4, -0.2) is 95.0 Å². The molecule has 1 saturated heterocycles. The van der Waals surface area contributed by atoms with Gasteiger partial charge in [0.1, 0.15) is 46.6 Å². The van der Waals surface area contributed by atoms with Crippen LogP contribution >= 0.6 is 0 Å². The lowest BCUT2D eigenvalue weighted by Crippen LogP contribution is -2.60. The Morgan fingerprint density at radius 3 is 2.31 bits per heavy atom. The van der Waals surface area contributed by atoms with Gasteiger partial charge in [-0.3, -0.25) is 19.1 Å². The maximum Gasteiger partial charge on any atom is 0.408 e. The number of aryl methyl sites for hydroxylation is 2. The molecule has 1 aliphatic heterocycles. The Labute approximate surface area is 373 Å². The van der Waals surface area contributed by atoms with Crippen molar-refractivity contribution in [1.82, 2.24) is 30.4 Å². The highest BCUT2D eigenvalue weighted by molar-refractivity contribution is 7.91. The molecule has 2 saturated carbocycles. The van der Waals surface area contributed by atoms with Crippen LogP contribution in [0.3, 0.4) is 0 Å². The second kappa shape index (κ2) is 16.9. The first-order chi connectivity index (χ1) is 30.0. The predicted octanol–water partition coefficient (Wildman–Crippen LogP) is 6.09. The third kappa shape index (κ3) is 9.31. The molecule has 3 heterocycles. The lowest BCUT2D eigenvalue weighted by atomic mass is 9.85. The number of hydrogen-bond donors (Lipinski definition) is 3. The van der Waals surface area contributed by atoms with E-state index in [9.17, 15) is 27.6 Å². The van der Waals surface area contributed by atoms with Crippen LogP contribution in [0.2, 0.25) is 0 Å². The Morgan fingerprint density at radius 2 is 1.73 bits per heavy atom. The van der Waals surface area contributed by atoms with Crippen LogP contribution < -0.4 is 24.8 Å². The summed E-state index contributed by atoms with van der Waals surface area (Å²) in [5.41, 5.74) is -0.0887. The predicted molar refractivity (Wildman–Crippen MR) is 239 cm³/mol. The Balaban J connectivity index is 1.20. The smallest absolute Gasteiger partial charge is 0.408 e. The van der Waals surface area contributed by atoms with E-state index in [1.807, 2.05) is 42.5 Å². The highest BCUT2D eigenvalue weighted by Gasteiger charge is 2.64. The van der Waals surface area contributed by atoms with Crippen LogP contribution in [0.25, 0.3) is 22.2 Å². The normalized spacial score (nSPS) is 22.0. The summed E-state index contributed by atoms with van der Waals surface area (Å²) in [7, 11) is -2.69. The number of likely N-dealkylation sites (tertiary alicyclic amines) is 1. The number of pyridine rings is 1. The number of hydrogen-bond acceptors (Lipinski definition) is 12. The SMILES string of the molecule is C=C[C@H]1C[C@@]1(NC(=O)[C@@H]1C[C@@H](Oc2cc(-c3ccccc3)nc3cc(OC)ccc23)CN1C(=O)[C@@H](NC(=O)OC(C)(C)C)C(C)(C)C)C(=O)NS(=O)(=O)C1(Cc2c(C)noc2C)CC1. The number of nitrogens with one attached hydrogen (secondary N) is 3. The Kier molecular flexibility index (Phi) is 12.1. The van der Waals surface area contributed by atoms with Gasteiger partial charge in [0.15, 0.2) is 0 Å². The number of fused-ring (bicyclic) bond motifs is 1. The van der Waals surface area contributed by atoms with Gasteiger partial charge in [0.2, 0.25) is 21.8 Å². The molecule has 3 fully saturated rings. The van der Waals surface area contributed by atoms with E-state index in [2.05, 4.69) is 27.1 Å². The van der Waals surface area contributed by atoms with Crippen molar-refractivity contribution in [3.63, 3.8) is 0 Å². The summed E-state index contributed by atoms with van der Waals surface area (Å²) in [4.78, 5) is 63.3. The maximum atomic E-state index is 14.9. The first kappa shape index (κ1) is 46.0. The number of alkyl carbamates (subject to hydrolysis) is 1. The van der Waals surface area contributed by atoms with E-state index in [1.165, 1.54) is 11.0 Å². The zero-order valence-electron chi connectivity index (χ0n) is 37.9. The third-order valence-electron chi connectivity index (χ3n) is 12.3. The van der Waals surface area contributed by atoms with Gasteiger partial charge < -0.3 is 34.3 Å². The summed E-state index contributed by atoms with van der Waals surface area (Å²) in [5, 5.41) is 10.2. The molecule has 2 aliphatic carbocycles. The molecular formula is C47H58N6O10S. The molecule has 64 heavy (non-hydrogen) atoms. The average Bonchev–Trinajstić information content (AvgIpc) is 4.10. The number of carbonyl (C=O) groups excluding carboxylic acids is 4. The minimum absolute atomic E-state index is 0.0170. The van der Waals surface area contributed by atoms with Gasteiger partial charge in [0, 0.05) is 41.0 Å². The molecule has 4 amide bonds. The Bertz CT molecular complexity index is 2580. The standard InChI is InChI=1S/C47H58N6O10S/c1-11-30-24-47(30,42(56)52-64(58,59)46(19-20-46)25-34-27(2)51-63-28(34)3)50-40(54)37-22-32(26-53(37)41(55)39(44(4,5)6)49-43(57)62-45(7,8)9)61-38-23-35(29-15-13-12-14-16-29)48-36-21-31(60-10)17-18-33(36)38/h11-18,21,23,30,32,37,39H,1,19-20,22,24-26H2,2-10H3,(H,49,57)(H,50,54)(H,52,56)/t30-,32+,37-,39+,47-/m0/s1. The molecule has 0 radical (unpaired) electrons. The number of sulfonamides is 1. The third-order valence-corrected chi connectivity index (χ3v) is 14.4. The minimum Gasteiger partial charge on any atom is -0.497 e. The molecule has 3 aliphatic rings. The number of ether oxygens (including phenoxy) is 3. The topological polar surface area (TPSA) is 208 Å². The molecule has 5 atom stereocenters. The van der Waals surface area contributed by atoms with Crippen LogP contribution in [0.1, 0.15) is 84.2 Å². The molecule has 4 aromatic rings. The molecule has 0 spiro atoms. The number of benzene rings is 2. The van der Waals surface area contributed by atoms with E-state index in [0.717, 1.165) is 5.56 Å². The van der Waals surface area contributed by atoms with Gasteiger partial charge in [-0.25, -0.2) is 18.2 Å². The number of nitrogens with zero attached hydrogens (tertiary/aromatic N) is 3. The van der Waals surface area contributed by atoms with E-state index in [4.69, 9.17) is 23.7 Å². The van der Waals surface area contributed by atoms with E-state index < -0.39 is 79.2 Å². The second-order valence-corrected chi connectivity index (χ2v) is 21.4.